The van der Waals surface area contributed by atoms with Crippen molar-refractivity contribution in [3.05, 3.63) is 51.7 Å². The first-order chi connectivity index (χ1) is 10.6. The van der Waals surface area contributed by atoms with E-state index < -0.39 is 0 Å². The van der Waals surface area contributed by atoms with Crippen molar-refractivity contribution in [2.24, 2.45) is 5.92 Å². The summed E-state index contributed by atoms with van der Waals surface area (Å²) in [7, 11) is 0. The maximum atomic E-state index is 12.6. The van der Waals surface area contributed by atoms with Crippen LogP contribution < -0.4 is 10.9 Å². The Morgan fingerprint density at radius 3 is 2.91 bits per heavy atom. The molecule has 2 aromatic heterocycles. The lowest BCUT2D eigenvalue weighted by Crippen LogP contribution is -2.44. The van der Waals surface area contributed by atoms with Crippen LogP contribution in [0, 0.1) is 19.8 Å². The van der Waals surface area contributed by atoms with Crippen LogP contribution in [-0.4, -0.2) is 22.6 Å². The van der Waals surface area contributed by atoms with E-state index in [-0.39, 0.29) is 5.56 Å². The molecular formula is C18H21N3O. The Kier molecular flexibility index (Phi) is 3.15. The smallest absolute Gasteiger partial charge is 0.251 e. The average molecular weight is 295 g/mol. The molecule has 2 aliphatic heterocycles. The number of piperidine rings is 1. The van der Waals surface area contributed by atoms with E-state index in [4.69, 9.17) is 0 Å². The van der Waals surface area contributed by atoms with Crippen LogP contribution in [0.1, 0.15) is 29.4 Å². The molecule has 4 heteroatoms. The van der Waals surface area contributed by atoms with Gasteiger partial charge >= 0.3 is 0 Å². The minimum atomic E-state index is 0.129. The van der Waals surface area contributed by atoms with E-state index in [0.29, 0.717) is 11.8 Å². The second-order valence-corrected chi connectivity index (χ2v) is 6.66. The number of fused-ring (bicyclic) bond motifs is 4. The average Bonchev–Trinajstić information content (AvgIpc) is 2.49. The quantitative estimate of drug-likeness (QED) is 0.877. The van der Waals surface area contributed by atoms with Crippen LogP contribution in [0.15, 0.2) is 29.1 Å². The largest absolute Gasteiger partial charge is 0.316 e. The van der Waals surface area contributed by atoms with Gasteiger partial charge in [0.1, 0.15) is 0 Å². The molecule has 22 heavy (non-hydrogen) atoms. The highest BCUT2D eigenvalue weighted by Gasteiger charge is 2.31. The molecule has 2 aliphatic rings. The van der Waals surface area contributed by atoms with Gasteiger partial charge in [-0.05, 0) is 50.4 Å². The van der Waals surface area contributed by atoms with Crippen molar-refractivity contribution in [3.63, 3.8) is 0 Å². The molecule has 0 spiro atoms. The van der Waals surface area contributed by atoms with Crippen LogP contribution >= 0.6 is 0 Å². The van der Waals surface area contributed by atoms with Crippen molar-refractivity contribution in [2.45, 2.75) is 32.7 Å². The molecule has 2 atom stereocenters. The van der Waals surface area contributed by atoms with Gasteiger partial charge < -0.3 is 9.88 Å². The maximum absolute atomic E-state index is 12.6. The summed E-state index contributed by atoms with van der Waals surface area (Å²) in [6.45, 7) is 6.86. The predicted octanol–water partition coefficient (Wildman–Crippen LogP) is 2.23. The minimum Gasteiger partial charge on any atom is -0.316 e. The number of aryl methyl sites for hydroxylation is 2. The van der Waals surface area contributed by atoms with Crippen LogP contribution in [0.4, 0.5) is 0 Å². The zero-order valence-corrected chi connectivity index (χ0v) is 13.1. The molecular weight excluding hydrogens is 274 g/mol. The summed E-state index contributed by atoms with van der Waals surface area (Å²) in [6, 6.07) is 8.07. The van der Waals surface area contributed by atoms with Gasteiger partial charge in [-0.1, -0.05) is 6.07 Å². The normalized spacial score (nSPS) is 23.2. The highest BCUT2D eigenvalue weighted by Crippen LogP contribution is 2.34. The fourth-order valence-corrected chi connectivity index (χ4v) is 3.95. The lowest BCUT2D eigenvalue weighted by Gasteiger charge is -2.37. The van der Waals surface area contributed by atoms with Gasteiger partial charge in [-0.2, -0.15) is 0 Å². The van der Waals surface area contributed by atoms with Gasteiger partial charge in [-0.15, -0.1) is 0 Å². The molecule has 0 aliphatic carbocycles. The second-order valence-electron chi connectivity index (χ2n) is 6.66. The summed E-state index contributed by atoms with van der Waals surface area (Å²) in [5.41, 5.74) is 5.38. The van der Waals surface area contributed by atoms with Crippen molar-refractivity contribution in [1.29, 1.82) is 0 Å². The Hall–Kier alpha value is -1.94. The number of nitrogens with zero attached hydrogens (tertiary/aromatic N) is 2. The standard InChI is InChI=1S/C18H21N3O/c1-11-3-4-16(12(2)20-11)14-6-17-15-5-13(8-19-9-15)10-21(17)18(22)7-14/h3-4,6-7,13,15,19H,5,8-10H2,1-2H3/t13-,15+/m0/s1. The monoisotopic (exact) mass is 295 g/mol. The van der Waals surface area contributed by atoms with Crippen molar-refractivity contribution >= 4 is 0 Å². The SMILES string of the molecule is Cc1ccc(-c2cc3n(c(=O)c2)C[C@@H]2CNC[C@H]3C2)c(C)n1. The van der Waals surface area contributed by atoms with E-state index >= 15 is 0 Å². The molecule has 1 N–H and O–H groups in total. The van der Waals surface area contributed by atoms with E-state index in [2.05, 4.69) is 22.4 Å². The van der Waals surface area contributed by atoms with E-state index in [1.54, 1.807) is 6.07 Å². The van der Waals surface area contributed by atoms with Crippen LogP contribution in [0.2, 0.25) is 0 Å². The molecule has 1 saturated heterocycles. The zero-order chi connectivity index (χ0) is 15.3. The van der Waals surface area contributed by atoms with E-state index in [1.807, 2.05) is 24.5 Å². The molecule has 114 valence electrons. The van der Waals surface area contributed by atoms with Gasteiger partial charge in [0.15, 0.2) is 0 Å². The van der Waals surface area contributed by atoms with E-state index in [0.717, 1.165) is 42.1 Å². The first-order valence-electron chi connectivity index (χ1n) is 8.02. The Morgan fingerprint density at radius 1 is 1.23 bits per heavy atom. The summed E-state index contributed by atoms with van der Waals surface area (Å²) in [6.07, 6.45) is 1.20. The van der Waals surface area contributed by atoms with Crippen LogP contribution in [0.5, 0.6) is 0 Å². The van der Waals surface area contributed by atoms with Gasteiger partial charge in [0.05, 0.1) is 0 Å². The zero-order valence-electron chi connectivity index (χ0n) is 13.1. The number of nitrogens with one attached hydrogen (secondary N) is 1. The van der Waals surface area contributed by atoms with Gasteiger partial charge in [0.2, 0.25) is 0 Å². The van der Waals surface area contributed by atoms with Crippen LogP contribution in [-0.2, 0) is 6.54 Å². The van der Waals surface area contributed by atoms with E-state index in [1.165, 1.54) is 12.1 Å². The van der Waals surface area contributed by atoms with Crippen LogP contribution in [0.25, 0.3) is 11.1 Å². The molecule has 2 aromatic rings. The lowest BCUT2D eigenvalue weighted by atomic mass is 9.83. The molecule has 0 unspecified atom stereocenters. The number of aromatic nitrogens is 2. The Bertz CT molecular complexity index is 793. The fraction of sp³-hybridized carbons (Fsp3) is 0.444. The van der Waals surface area contributed by atoms with Crippen molar-refractivity contribution in [3.8, 4) is 11.1 Å². The Balaban J connectivity index is 1.86. The predicted molar refractivity (Wildman–Crippen MR) is 87.1 cm³/mol. The highest BCUT2D eigenvalue weighted by atomic mass is 16.1. The van der Waals surface area contributed by atoms with Gasteiger partial charge in [0.25, 0.3) is 5.56 Å². The first kappa shape index (κ1) is 13.7. The van der Waals surface area contributed by atoms with Gasteiger partial charge in [-0.25, -0.2) is 0 Å². The maximum Gasteiger partial charge on any atom is 0.251 e. The molecule has 0 saturated carbocycles. The third-order valence-electron chi connectivity index (χ3n) is 5.00. The summed E-state index contributed by atoms with van der Waals surface area (Å²) in [5.74, 6) is 1.05. The first-order valence-corrected chi connectivity index (χ1v) is 8.02. The molecule has 4 nitrogen and oxygen atoms in total. The lowest BCUT2D eigenvalue weighted by molar-refractivity contribution is 0.257. The van der Waals surface area contributed by atoms with Gasteiger partial charge in [-0.3, -0.25) is 9.78 Å². The highest BCUT2D eigenvalue weighted by molar-refractivity contribution is 5.66. The molecule has 4 rings (SSSR count). The van der Waals surface area contributed by atoms with Gasteiger partial charge in [0, 0.05) is 47.7 Å². The fourth-order valence-electron chi connectivity index (χ4n) is 3.95. The summed E-state index contributed by atoms with van der Waals surface area (Å²) in [4.78, 5) is 17.1. The Labute approximate surface area is 130 Å². The van der Waals surface area contributed by atoms with Crippen molar-refractivity contribution in [1.82, 2.24) is 14.9 Å². The summed E-state index contributed by atoms with van der Waals surface area (Å²) >= 11 is 0. The number of hydrogen-bond donors (Lipinski definition) is 1. The molecule has 4 heterocycles. The summed E-state index contributed by atoms with van der Waals surface area (Å²) < 4.78 is 1.99. The molecule has 1 fully saturated rings. The van der Waals surface area contributed by atoms with Crippen LogP contribution in [0.3, 0.4) is 0 Å². The number of pyridine rings is 2. The molecule has 0 amide bonds. The van der Waals surface area contributed by atoms with E-state index in [9.17, 15) is 4.79 Å². The van der Waals surface area contributed by atoms with Crippen molar-refractivity contribution in [2.75, 3.05) is 13.1 Å². The second kappa shape index (κ2) is 5.06. The number of hydrogen-bond acceptors (Lipinski definition) is 3. The minimum absolute atomic E-state index is 0.129. The Morgan fingerprint density at radius 2 is 2.09 bits per heavy atom. The number of rotatable bonds is 1. The topological polar surface area (TPSA) is 46.9 Å². The molecule has 0 aromatic carbocycles. The third-order valence-corrected chi connectivity index (χ3v) is 5.00. The third kappa shape index (κ3) is 2.18. The van der Waals surface area contributed by atoms with Crippen molar-refractivity contribution < 1.29 is 0 Å². The molecule has 2 bridgehead atoms. The molecule has 0 radical (unpaired) electrons. The summed E-state index contributed by atoms with van der Waals surface area (Å²) in [5, 5.41) is 3.50.